The van der Waals surface area contributed by atoms with E-state index in [0.29, 0.717) is 12.6 Å². The van der Waals surface area contributed by atoms with Gasteiger partial charge in [0.1, 0.15) is 0 Å². The van der Waals surface area contributed by atoms with E-state index in [2.05, 4.69) is 49.0 Å². The molecule has 1 fully saturated rings. The van der Waals surface area contributed by atoms with E-state index in [-0.39, 0.29) is 0 Å². The Balaban J connectivity index is 2.20. The van der Waals surface area contributed by atoms with Gasteiger partial charge in [-0.05, 0) is 50.9 Å². The van der Waals surface area contributed by atoms with Crippen molar-refractivity contribution in [1.82, 2.24) is 4.90 Å². The van der Waals surface area contributed by atoms with E-state index in [0.717, 1.165) is 5.75 Å². The summed E-state index contributed by atoms with van der Waals surface area (Å²) in [5, 5.41) is 0. The van der Waals surface area contributed by atoms with Crippen molar-refractivity contribution in [1.29, 1.82) is 0 Å². The molecule has 4 heteroatoms. The van der Waals surface area contributed by atoms with Crippen LogP contribution in [-0.4, -0.2) is 43.9 Å². The minimum absolute atomic E-state index is 0.621. The Labute approximate surface area is 127 Å². The highest BCUT2D eigenvalue weighted by Gasteiger charge is 2.22. The van der Waals surface area contributed by atoms with Crippen molar-refractivity contribution in [3.05, 3.63) is 23.8 Å². The summed E-state index contributed by atoms with van der Waals surface area (Å²) in [6.45, 7) is 5.19. The minimum Gasteiger partial charge on any atom is -0.371 e. The average molecular weight is 293 g/mol. The molecule has 1 aliphatic heterocycles. The van der Waals surface area contributed by atoms with Gasteiger partial charge < -0.3 is 15.5 Å². The molecular weight excluding hydrogens is 266 g/mol. The topological polar surface area (TPSA) is 32.5 Å². The van der Waals surface area contributed by atoms with Gasteiger partial charge in [0, 0.05) is 35.8 Å². The Morgan fingerprint density at radius 1 is 1.35 bits per heavy atom. The molecule has 0 amide bonds. The van der Waals surface area contributed by atoms with Crippen LogP contribution in [0.2, 0.25) is 0 Å². The molecule has 1 saturated heterocycles. The van der Waals surface area contributed by atoms with Crippen LogP contribution in [-0.2, 0) is 6.54 Å². The van der Waals surface area contributed by atoms with Crippen molar-refractivity contribution in [2.24, 2.45) is 5.73 Å². The minimum atomic E-state index is 0.621. The maximum atomic E-state index is 6.02. The van der Waals surface area contributed by atoms with Gasteiger partial charge in [0.25, 0.3) is 0 Å². The standard InChI is InChI=1S/C16H27N3S/c1-4-20-16-7-5-6-15(14(16)12-17)19(3)13-8-10-18(2)11-9-13/h5-7,13H,4,8-12,17H2,1-3H3. The number of nitrogens with zero attached hydrogens (tertiary/aromatic N) is 2. The second-order valence-corrected chi connectivity index (χ2v) is 6.84. The maximum Gasteiger partial charge on any atom is 0.0422 e. The van der Waals surface area contributed by atoms with Crippen molar-refractivity contribution in [3.63, 3.8) is 0 Å². The van der Waals surface area contributed by atoms with Gasteiger partial charge >= 0.3 is 0 Å². The van der Waals surface area contributed by atoms with Crippen LogP contribution < -0.4 is 10.6 Å². The Morgan fingerprint density at radius 2 is 2.05 bits per heavy atom. The van der Waals surface area contributed by atoms with Crippen LogP contribution in [0, 0.1) is 0 Å². The molecule has 0 atom stereocenters. The predicted molar refractivity (Wildman–Crippen MR) is 89.7 cm³/mol. The van der Waals surface area contributed by atoms with E-state index in [9.17, 15) is 0 Å². The Hall–Kier alpha value is -0.710. The molecule has 20 heavy (non-hydrogen) atoms. The largest absolute Gasteiger partial charge is 0.371 e. The number of hydrogen-bond donors (Lipinski definition) is 1. The highest BCUT2D eigenvalue weighted by Crippen LogP contribution is 2.32. The molecule has 3 nitrogen and oxygen atoms in total. The lowest BCUT2D eigenvalue weighted by Gasteiger charge is -2.37. The SMILES string of the molecule is CCSc1cccc(N(C)C2CCN(C)CC2)c1CN. The van der Waals surface area contributed by atoms with Gasteiger partial charge in [0.2, 0.25) is 0 Å². The second kappa shape index (κ2) is 7.34. The first-order valence-corrected chi connectivity index (χ1v) is 8.52. The molecular formula is C16H27N3S. The monoisotopic (exact) mass is 293 g/mol. The summed E-state index contributed by atoms with van der Waals surface area (Å²) in [5.74, 6) is 1.09. The van der Waals surface area contributed by atoms with Gasteiger partial charge in [0.05, 0.1) is 0 Å². The van der Waals surface area contributed by atoms with Gasteiger partial charge in [0.15, 0.2) is 0 Å². The molecule has 0 saturated carbocycles. The average Bonchev–Trinajstić information content (AvgIpc) is 2.47. The lowest BCUT2D eigenvalue weighted by atomic mass is 10.0. The van der Waals surface area contributed by atoms with Gasteiger partial charge in [-0.1, -0.05) is 13.0 Å². The normalized spacial score (nSPS) is 17.4. The first-order valence-electron chi connectivity index (χ1n) is 7.53. The fourth-order valence-electron chi connectivity index (χ4n) is 2.96. The molecule has 0 unspecified atom stereocenters. The number of rotatable bonds is 5. The van der Waals surface area contributed by atoms with Gasteiger partial charge in [-0.25, -0.2) is 0 Å². The summed E-state index contributed by atoms with van der Waals surface area (Å²) >= 11 is 1.89. The van der Waals surface area contributed by atoms with Crippen LogP contribution >= 0.6 is 11.8 Å². The lowest BCUT2D eigenvalue weighted by Crippen LogP contribution is -2.42. The van der Waals surface area contributed by atoms with Crippen molar-refractivity contribution < 1.29 is 0 Å². The van der Waals surface area contributed by atoms with E-state index >= 15 is 0 Å². The molecule has 1 aromatic rings. The van der Waals surface area contributed by atoms with Crippen molar-refractivity contribution in [2.75, 3.05) is 37.8 Å². The summed E-state index contributed by atoms with van der Waals surface area (Å²) in [6.07, 6.45) is 2.48. The Kier molecular flexibility index (Phi) is 5.75. The molecule has 112 valence electrons. The first kappa shape index (κ1) is 15.7. The molecule has 0 spiro atoms. The zero-order valence-electron chi connectivity index (χ0n) is 12.9. The Morgan fingerprint density at radius 3 is 2.65 bits per heavy atom. The third-order valence-corrected chi connectivity index (χ3v) is 5.21. The van der Waals surface area contributed by atoms with Crippen LogP contribution in [0.1, 0.15) is 25.3 Å². The summed E-state index contributed by atoms with van der Waals surface area (Å²) in [7, 11) is 4.44. The lowest BCUT2D eigenvalue weighted by molar-refractivity contribution is 0.252. The quantitative estimate of drug-likeness (QED) is 0.846. The number of likely N-dealkylation sites (tertiary alicyclic amines) is 1. The molecule has 0 radical (unpaired) electrons. The molecule has 0 aliphatic carbocycles. The predicted octanol–water partition coefficient (Wildman–Crippen LogP) is 2.79. The number of piperidine rings is 1. The summed E-state index contributed by atoms with van der Waals surface area (Å²) in [4.78, 5) is 6.21. The van der Waals surface area contributed by atoms with Crippen molar-refractivity contribution in [3.8, 4) is 0 Å². The number of hydrogen-bond acceptors (Lipinski definition) is 4. The van der Waals surface area contributed by atoms with E-state index < -0.39 is 0 Å². The number of nitrogens with two attached hydrogens (primary N) is 1. The molecule has 1 aliphatic rings. The van der Waals surface area contributed by atoms with Gasteiger partial charge in [-0.3, -0.25) is 0 Å². The van der Waals surface area contributed by atoms with E-state index in [1.54, 1.807) is 0 Å². The zero-order chi connectivity index (χ0) is 14.5. The van der Waals surface area contributed by atoms with E-state index in [1.165, 1.54) is 42.1 Å². The van der Waals surface area contributed by atoms with E-state index in [1.807, 2.05) is 11.8 Å². The second-order valence-electron chi connectivity index (χ2n) is 5.54. The van der Waals surface area contributed by atoms with Crippen LogP contribution in [0.5, 0.6) is 0 Å². The molecule has 2 N–H and O–H groups in total. The first-order chi connectivity index (χ1) is 9.67. The number of benzene rings is 1. The maximum absolute atomic E-state index is 6.02. The molecule has 0 aromatic heterocycles. The highest BCUT2D eigenvalue weighted by atomic mass is 32.2. The third kappa shape index (κ3) is 3.48. The van der Waals surface area contributed by atoms with Crippen LogP contribution in [0.3, 0.4) is 0 Å². The summed E-state index contributed by atoms with van der Waals surface area (Å²) in [6, 6.07) is 7.22. The third-order valence-electron chi connectivity index (χ3n) is 4.23. The van der Waals surface area contributed by atoms with Gasteiger partial charge in [-0.15, -0.1) is 11.8 Å². The molecule has 0 bridgehead atoms. The molecule has 1 aromatic carbocycles. The smallest absolute Gasteiger partial charge is 0.0422 e. The number of anilines is 1. The van der Waals surface area contributed by atoms with Gasteiger partial charge in [-0.2, -0.15) is 0 Å². The highest BCUT2D eigenvalue weighted by molar-refractivity contribution is 7.99. The summed E-state index contributed by atoms with van der Waals surface area (Å²) in [5.41, 5.74) is 8.65. The fraction of sp³-hybridized carbons (Fsp3) is 0.625. The van der Waals surface area contributed by atoms with Crippen molar-refractivity contribution >= 4 is 17.4 Å². The van der Waals surface area contributed by atoms with Crippen LogP contribution in [0.4, 0.5) is 5.69 Å². The fourth-order valence-corrected chi connectivity index (χ4v) is 3.81. The number of thioether (sulfide) groups is 1. The summed E-state index contributed by atoms with van der Waals surface area (Å²) < 4.78 is 0. The van der Waals surface area contributed by atoms with Crippen LogP contribution in [0.15, 0.2) is 23.1 Å². The molecule has 1 heterocycles. The van der Waals surface area contributed by atoms with Crippen LogP contribution in [0.25, 0.3) is 0 Å². The molecule has 2 rings (SSSR count). The van der Waals surface area contributed by atoms with E-state index in [4.69, 9.17) is 5.73 Å². The Bertz CT molecular complexity index is 428. The zero-order valence-corrected chi connectivity index (χ0v) is 13.7. The van der Waals surface area contributed by atoms with Crippen molar-refractivity contribution in [2.45, 2.75) is 37.2 Å².